The lowest BCUT2D eigenvalue weighted by Gasteiger charge is -2.26. The van der Waals surface area contributed by atoms with Gasteiger partial charge in [0.25, 0.3) is 0 Å². The highest BCUT2D eigenvalue weighted by molar-refractivity contribution is 9.10. The molecule has 1 fully saturated rings. The molecule has 0 heterocycles. The van der Waals surface area contributed by atoms with Crippen molar-refractivity contribution in [3.8, 4) is 0 Å². The molecule has 1 atom stereocenters. The molecule has 17 heavy (non-hydrogen) atoms. The van der Waals surface area contributed by atoms with E-state index in [0.29, 0.717) is 16.8 Å². The number of hydrogen-bond acceptors (Lipinski definition) is 1. The van der Waals surface area contributed by atoms with Gasteiger partial charge in [0.05, 0.1) is 10.6 Å². The van der Waals surface area contributed by atoms with Gasteiger partial charge in [0.1, 0.15) is 5.82 Å². The highest BCUT2D eigenvalue weighted by Gasteiger charge is 2.21. The Morgan fingerprint density at radius 3 is 2.65 bits per heavy atom. The van der Waals surface area contributed by atoms with Gasteiger partial charge in [0.2, 0.25) is 0 Å². The van der Waals surface area contributed by atoms with Crippen molar-refractivity contribution in [3.63, 3.8) is 0 Å². The fourth-order valence-corrected chi connectivity index (χ4v) is 3.02. The Kier molecular flexibility index (Phi) is 4.57. The maximum Gasteiger partial charge on any atom is 0.137 e. The van der Waals surface area contributed by atoms with E-state index in [2.05, 4.69) is 15.9 Å². The molecule has 0 saturated heterocycles. The molecular weight excluding hydrogens is 283 g/mol. The summed E-state index contributed by atoms with van der Waals surface area (Å²) in [5.41, 5.74) is 0.997. The van der Waals surface area contributed by atoms with E-state index in [1.165, 1.54) is 25.3 Å². The maximum absolute atomic E-state index is 13.1. The van der Waals surface area contributed by atoms with Crippen molar-refractivity contribution < 1.29 is 9.50 Å². The van der Waals surface area contributed by atoms with Crippen molar-refractivity contribution >= 4 is 15.9 Å². The van der Waals surface area contributed by atoms with Gasteiger partial charge in [0, 0.05) is 0 Å². The van der Waals surface area contributed by atoms with Crippen LogP contribution in [0.25, 0.3) is 0 Å². The molecule has 3 heteroatoms. The third-order valence-electron chi connectivity index (χ3n) is 3.62. The van der Waals surface area contributed by atoms with E-state index >= 15 is 0 Å². The summed E-state index contributed by atoms with van der Waals surface area (Å²) < 4.78 is 13.6. The van der Waals surface area contributed by atoms with Crippen molar-refractivity contribution in [1.29, 1.82) is 0 Å². The Balaban J connectivity index is 1.96. The largest absolute Gasteiger partial charge is 0.392 e. The van der Waals surface area contributed by atoms with Crippen LogP contribution in [-0.2, 0) is 6.42 Å². The highest BCUT2D eigenvalue weighted by atomic mass is 79.9. The number of benzene rings is 1. The maximum atomic E-state index is 13.1. The first-order valence-electron chi connectivity index (χ1n) is 6.29. The molecule has 0 aliphatic heterocycles. The standard InChI is InChI=1S/C14H18BrFO/c15-12-8-10(6-7-13(12)16)9-14(17)11-4-2-1-3-5-11/h6-8,11,14,17H,1-5,9H2. The van der Waals surface area contributed by atoms with Gasteiger partial charge in [-0.15, -0.1) is 0 Å². The van der Waals surface area contributed by atoms with Gasteiger partial charge in [0.15, 0.2) is 0 Å². The summed E-state index contributed by atoms with van der Waals surface area (Å²) in [6.07, 6.45) is 6.36. The molecule has 0 radical (unpaired) electrons. The van der Waals surface area contributed by atoms with Gasteiger partial charge in [-0.25, -0.2) is 4.39 Å². The van der Waals surface area contributed by atoms with Crippen LogP contribution in [-0.4, -0.2) is 11.2 Å². The lowest BCUT2D eigenvalue weighted by molar-refractivity contribution is 0.0851. The molecule has 0 spiro atoms. The third kappa shape index (κ3) is 3.52. The summed E-state index contributed by atoms with van der Waals surface area (Å²) in [4.78, 5) is 0. The lowest BCUT2D eigenvalue weighted by atomic mass is 9.83. The molecule has 1 N–H and O–H groups in total. The van der Waals surface area contributed by atoms with E-state index in [-0.39, 0.29) is 11.9 Å². The van der Waals surface area contributed by atoms with E-state index in [0.717, 1.165) is 18.4 Å². The fourth-order valence-electron chi connectivity index (χ4n) is 2.59. The molecule has 1 saturated carbocycles. The molecule has 1 nitrogen and oxygen atoms in total. The molecule has 2 rings (SSSR count). The summed E-state index contributed by atoms with van der Waals surface area (Å²) >= 11 is 3.18. The number of aliphatic hydroxyl groups is 1. The fraction of sp³-hybridized carbons (Fsp3) is 0.571. The first-order chi connectivity index (χ1) is 8.16. The number of hydrogen-bond donors (Lipinski definition) is 1. The molecule has 0 aromatic heterocycles. The van der Waals surface area contributed by atoms with E-state index in [1.54, 1.807) is 12.1 Å². The third-order valence-corrected chi connectivity index (χ3v) is 4.23. The zero-order valence-electron chi connectivity index (χ0n) is 9.83. The summed E-state index contributed by atoms with van der Waals surface area (Å²) in [6, 6.07) is 4.97. The van der Waals surface area contributed by atoms with Crippen LogP contribution in [0.3, 0.4) is 0 Å². The van der Waals surface area contributed by atoms with Gasteiger partial charge in [-0.3, -0.25) is 0 Å². The van der Waals surface area contributed by atoms with E-state index in [4.69, 9.17) is 0 Å². The second kappa shape index (κ2) is 5.96. The van der Waals surface area contributed by atoms with Crippen LogP contribution in [0.5, 0.6) is 0 Å². The van der Waals surface area contributed by atoms with Crippen molar-refractivity contribution in [2.45, 2.75) is 44.6 Å². The van der Waals surface area contributed by atoms with Crippen LogP contribution in [0.1, 0.15) is 37.7 Å². The van der Waals surface area contributed by atoms with Crippen LogP contribution in [0.15, 0.2) is 22.7 Å². The topological polar surface area (TPSA) is 20.2 Å². The van der Waals surface area contributed by atoms with Crippen LogP contribution in [0.4, 0.5) is 4.39 Å². The molecule has 1 aromatic rings. The Morgan fingerprint density at radius 1 is 1.29 bits per heavy atom. The van der Waals surface area contributed by atoms with Crippen LogP contribution in [0, 0.1) is 11.7 Å². The Bertz CT molecular complexity index is 374. The van der Waals surface area contributed by atoms with Crippen molar-refractivity contribution in [2.75, 3.05) is 0 Å². The van der Waals surface area contributed by atoms with Crippen molar-refractivity contribution in [2.24, 2.45) is 5.92 Å². The molecular formula is C14H18BrFO. The van der Waals surface area contributed by atoms with Crippen LogP contribution >= 0.6 is 15.9 Å². The molecule has 1 aliphatic carbocycles. The Morgan fingerprint density at radius 2 is 2.00 bits per heavy atom. The Hall–Kier alpha value is -0.410. The summed E-state index contributed by atoms with van der Waals surface area (Å²) in [5, 5.41) is 10.2. The first-order valence-corrected chi connectivity index (χ1v) is 7.08. The predicted molar refractivity (Wildman–Crippen MR) is 70.4 cm³/mol. The zero-order chi connectivity index (χ0) is 12.3. The quantitative estimate of drug-likeness (QED) is 0.892. The van der Waals surface area contributed by atoms with Crippen molar-refractivity contribution in [3.05, 3.63) is 34.1 Å². The smallest absolute Gasteiger partial charge is 0.137 e. The summed E-state index contributed by atoms with van der Waals surface area (Å²) in [6.45, 7) is 0. The number of halogens is 2. The van der Waals surface area contributed by atoms with Gasteiger partial charge in [-0.1, -0.05) is 25.3 Å². The van der Waals surface area contributed by atoms with E-state index in [9.17, 15) is 9.50 Å². The molecule has 0 amide bonds. The number of rotatable bonds is 3. The average molecular weight is 301 g/mol. The second-order valence-corrected chi connectivity index (χ2v) is 5.77. The number of aliphatic hydroxyl groups excluding tert-OH is 1. The molecule has 0 bridgehead atoms. The van der Waals surface area contributed by atoms with Crippen LogP contribution in [0.2, 0.25) is 0 Å². The first kappa shape index (κ1) is 13.0. The minimum Gasteiger partial charge on any atom is -0.392 e. The molecule has 1 aromatic carbocycles. The van der Waals surface area contributed by atoms with Gasteiger partial charge < -0.3 is 5.11 Å². The van der Waals surface area contributed by atoms with Gasteiger partial charge >= 0.3 is 0 Å². The van der Waals surface area contributed by atoms with E-state index in [1.807, 2.05) is 0 Å². The minimum absolute atomic E-state index is 0.249. The zero-order valence-corrected chi connectivity index (χ0v) is 11.4. The Labute approximate surface area is 110 Å². The van der Waals surface area contributed by atoms with Gasteiger partial charge in [-0.05, 0) is 58.8 Å². The second-order valence-electron chi connectivity index (χ2n) is 4.92. The molecule has 1 aliphatic rings. The highest BCUT2D eigenvalue weighted by Crippen LogP contribution is 2.28. The van der Waals surface area contributed by atoms with Crippen molar-refractivity contribution in [1.82, 2.24) is 0 Å². The lowest BCUT2D eigenvalue weighted by Crippen LogP contribution is -2.24. The summed E-state index contributed by atoms with van der Waals surface area (Å²) in [5.74, 6) is 0.175. The average Bonchev–Trinajstić information content (AvgIpc) is 2.35. The minimum atomic E-state index is -0.285. The predicted octanol–water partition coefficient (Wildman–Crippen LogP) is 4.07. The summed E-state index contributed by atoms with van der Waals surface area (Å²) in [7, 11) is 0. The monoisotopic (exact) mass is 300 g/mol. The van der Waals surface area contributed by atoms with Gasteiger partial charge in [-0.2, -0.15) is 0 Å². The molecule has 1 unspecified atom stereocenters. The van der Waals surface area contributed by atoms with E-state index < -0.39 is 0 Å². The molecule has 94 valence electrons. The van der Waals surface area contributed by atoms with Crippen LogP contribution < -0.4 is 0 Å². The normalized spacial score (nSPS) is 19.2. The SMILES string of the molecule is OC(Cc1ccc(F)c(Br)c1)C1CCCCC1.